The summed E-state index contributed by atoms with van der Waals surface area (Å²) in [6, 6.07) is 5.57. The highest BCUT2D eigenvalue weighted by atomic mass is 35.5. The Kier molecular flexibility index (Phi) is 5.43. The quantitative estimate of drug-likeness (QED) is 0.898. The minimum atomic E-state index is -0.210. The van der Waals surface area contributed by atoms with Crippen molar-refractivity contribution in [2.45, 2.75) is 19.9 Å². The molecule has 0 spiro atoms. The van der Waals surface area contributed by atoms with Crippen LogP contribution in [0.1, 0.15) is 13.8 Å². The number of thioether (sulfide) groups is 1. The molecule has 2 amide bonds. The fourth-order valence-corrected chi connectivity index (χ4v) is 3.28. The summed E-state index contributed by atoms with van der Waals surface area (Å²) in [5.74, 6) is 2.26. The maximum atomic E-state index is 11.6. The van der Waals surface area contributed by atoms with Crippen LogP contribution in [0.15, 0.2) is 18.2 Å². The lowest BCUT2D eigenvalue weighted by molar-refractivity contribution is 0.250. The van der Waals surface area contributed by atoms with Crippen LogP contribution in [0.2, 0.25) is 5.02 Å². The lowest BCUT2D eigenvalue weighted by Crippen LogP contribution is -2.34. The summed E-state index contributed by atoms with van der Waals surface area (Å²) in [7, 11) is 0. The van der Waals surface area contributed by atoms with Crippen LogP contribution in [-0.2, 0) is 0 Å². The standard InChI is InChI=1S/C14H20ClN3OS/c1-10(2)16-14(19)17-11-3-4-13(12(15)9-11)18-5-7-20-8-6-18/h3-4,9-10H,5-8H2,1-2H3,(H2,16,17,19). The largest absolute Gasteiger partial charge is 0.369 e. The first-order chi connectivity index (χ1) is 9.56. The summed E-state index contributed by atoms with van der Waals surface area (Å²) in [5.41, 5.74) is 1.75. The van der Waals surface area contributed by atoms with E-state index in [1.165, 1.54) is 0 Å². The molecule has 0 atom stereocenters. The zero-order valence-electron chi connectivity index (χ0n) is 11.8. The molecule has 0 bridgehead atoms. The third-order valence-electron chi connectivity index (χ3n) is 2.98. The lowest BCUT2D eigenvalue weighted by atomic mass is 10.2. The van der Waals surface area contributed by atoms with Gasteiger partial charge in [-0.05, 0) is 32.0 Å². The van der Waals surface area contributed by atoms with E-state index in [-0.39, 0.29) is 12.1 Å². The van der Waals surface area contributed by atoms with Gasteiger partial charge in [0, 0.05) is 36.3 Å². The Morgan fingerprint density at radius 1 is 1.35 bits per heavy atom. The van der Waals surface area contributed by atoms with Crippen molar-refractivity contribution in [2.75, 3.05) is 34.8 Å². The first-order valence-corrected chi connectivity index (χ1v) is 8.29. The number of amides is 2. The summed E-state index contributed by atoms with van der Waals surface area (Å²) in [6.45, 7) is 5.88. The van der Waals surface area contributed by atoms with Gasteiger partial charge in [0.25, 0.3) is 0 Å². The summed E-state index contributed by atoms with van der Waals surface area (Å²) < 4.78 is 0. The van der Waals surface area contributed by atoms with E-state index in [1.54, 1.807) is 6.07 Å². The number of benzene rings is 1. The van der Waals surface area contributed by atoms with Gasteiger partial charge in [-0.15, -0.1) is 0 Å². The minimum Gasteiger partial charge on any atom is -0.369 e. The first kappa shape index (κ1) is 15.3. The molecule has 20 heavy (non-hydrogen) atoms. The van der Waals surface area contributed by atoms with Crippen molar-refractivity contribution in [1.29, 1.82) is 0 Å². The predicted molar refractivity (Wildman–Crippen MR) is 88.3 cm³/mol. The zero-order valence-corrected chi connectivity index (χ0v) is 13.4. The first-order valence-electron chi connectivity index (χ1n) is 6.76. The number of carbonyl (C=O) groups excluding carboxylic acids is 1. The van der Waals surface area contributed by atoms with Gasteiger partial charge >= 0.3 is 6.03 Å². The normalized spacial score (nSPS) is 15.3. The number of carbonyl (C=O) groups is 1. The van der Waals surface area contributed by atoms with Crippen molar-refractivity contribution >= 4 is 40.8 Å². The van der Waals surface area contributed by atoms with E-state index in [1.807, 2.05) is 37.7 Å². The molecule has 0 radical (unpaired) electrons. The second-order valence-corrected chi connectivity index (χ2v) is 6.65. The van der Waals surface area contributed by atoms with Crippen LogP contribution in [0.25, 0.3) is 0 Å². The third-order valence-corrected chi connectivity index (χ3v) is 4.22. The average Bonchev–Trinajstić information content (AvgIpc) is 2.38. The van der Waals surface area contributed by atoms with Crippen molar-refractivity contribution in [1.82, 2.24) is 5.32 Å². The van der Waals surface area contributed by atoms with Crippen molar-refractivity contribution in [3.8, 4) is 0 Å². The van der Waals surface area contributed by atoms with E-state index in [2.05, 4.69) is 15.5 Å². The molecule has 110 valence electrons. The van der Waals surface area contributed by atoms with Crippen molar-refractivity contribution in [3.05, 3.63) is 23.2 Å². The second kappa shape index (κ2) is 7.09. The van der Waals surface area contributed by atoms with E-state index >= 15 is 0 Å². The van der Waals surface area contributed by atoms with Gasteiger partial charge in [-0.1, -0.05) is 11.6 Å². The Balaban J connectivity index is 2.03. The number of halogens is 1. The van der Waals surface area contributed by atoms with E-state index in [0.29, 0.717) is 10.7 Å². The van der Waals surface area contributed by atoms with Gasteiger partial charge in [0.15, 0.2) is 0 Å². The maximum absolute atomic E-state index is 11.6. The molecule has 1 aliphatic heterocycles. The number of nitrogens with one attached hydrogen (secondary N) is 2. The van der Waals surface area contributed by atoms with Gasteiger partial charge < -0.3 is 15.5 Å². The predicted octanol–water partition coefficient (Wildman–Crippen LogP) is 3.42. The highest BCUT2D eigenvalue weighted by Crippen LogP contribution is 2.30. The fraction of sp³-hybridized carbons (Fsp3) is 0.500. The summed E-state index contributed by atoms with van der Waals surface area (Å²) in [5, 5.41) is 6.25. The van der Waals surface area contributed by atoms with Crippen LogP contribution < -0.4 is 15.5 Å². The van der Waals surface area contributed by atoms with Gasteiger partial charge in [0.2, 0.25) is 0 Å². The van der Waals surface area contributed by atoms with Crippen molar-refractivity contribution < 1.29 is 4.79 Å². The topological polar surface area (TPSA) is 44.4 Å². The fourth-order valence-electron chi connectivity index (χ4n) is 2.07. The van der Waals surface area contributed by atoms with E-state index < -0.39 is 0 Å². The molecule has 1 fully saturated rings. The average molecular weight is 314 g/mol. The summed E-state index contributed by atoms with van der Waals surface area (Å²) in [6.07, 6.45) is 0. The number of anilines is 2. The van der Waals surface area contributed by atoms with E-state index in [9.17, 15) is 4.79 Å². The van der Waals surface area contributed by atoms with Crippen molar-refractivity contribution in [3.63, 3.8) is 0 Å². The molecule has 2 rings (SSSR count). The van der Waals surface area contributed by atoms with Crippen molar-refractivity contribution in [2.24, 2.45) is 0 Å². The molecular weight excluding hydrogens is 294 g/mol. The van der Waals surface area contributed by atoms with Gasteiger partial charge in [-0.25, -0.2) is 4.79 Å². The Labute approximate surface area is 129 Å². The minimum absolute atomic E-state index is 0.107. The second-order valence-electron chi connectivity index (χ2n) is 5.02. The number of hydrogen-bond acceptors (Lipinski definition) is 3. The zero-order chi connectivity index (χ0) is 14.5. The maximum Gasteiger partial charge on any atom is 0.319 e. The van der Waals surface area contributed by atoms with Gasteiger partial charge in [-0.3, -0.25) is 0 Å². The van der Waals surface area contributed by atoms with Crippen LogP contribution in [0, 0.1) is 0 Å². The van der Waals surface area contributed by atoms with Crippen LogP contribution >= 0.6 is 23.4 Å². The van der Waals surface area contributed by atoms with Crippen LogP contribution in [-0.4, -0.2) is 36.7 Å². The third kappa shape index (κ3) is 4.21. The SMILES string of the molecule is CC(C)NC(=O)Nc1ccc(N2CCSCC2)c(Cl)c1. The van der Waals surface area contributed by atoms with E-state index in [0.717, 1.165) is 30.3 Å². The molecule has 2 N–H and O–H groups in total. The number of nitrogens with zero attached hydrogens (tertiary/aromatic N) is 1. The van der Waals surface area contributed by atoms with Crippen LogP contribution in [0.4, 0.5) is 16.2 Å². The molecule has 1 aromatic rings. The smallest absolute Gasteiger partial charge is 0.319 e. The Bertz CT molecular complexity index is 475. The molecule has 0 aromatic heterocycles. The molecule has 6 heteroatoms. The molecule has 1 saturated heterocycles. The molecule has 1 aromatic carbocycles. The van der Waals surface area contributed by atoms with Gasteiger partial charge in [0.1, 0.15) is 0 Å². The summed E-state index contributed by atoms with van der Waals surface area (Å²) in [4.78, 5) is 13.9. The van der Waals surface area contributed by atoms with Gasteiger partial charge in [0.05, 0.1) is 10.7 Å². The van der Waals surface area contributed by atoms with Crippen LogP contribution in [0.5, 0.6) is 0 Å². The molecule has 4 nitrogen and oxygen atoms in total. The van der Waals surface area contributed by atoms with Crippen LogP contribution in [0.3, 0.4) is 0 Å². The molecule has 0 unspecified atom stereocenters. The Morgan fingerprint density at radius 3 is 2.65 bits per heavy atom. The highest BCUT2D eigenvalue weighted by molar-refractivity contribution is 7.99. The van der Waals surface area contributed by atoms with Gasteiger partial charge in [-0.2, -0.15) is 11.8 Å². The number of hydrogen-bond donors (Lipinski definition) is 2. The van der Waals surface area contributed by atoms with E-state index in [4.69, 9.17) is 11.6 Å². The molecule has 1 aliphatic rings. The summed E-state index contributed by atoms with van der Waals surface area (Å²) >= 11 is 8.30. The molecule has 1 heterocycles. The monoisotopic (exact) mass is 313 g/mol. The molecule has 0 saturated carbocycles. The molecule has 0 aliphatic carbocycles. The number of urea groups is 1. The Hall–Kier alpha value is -1.07. The molecular formula is C14H20ClN3OS. The lowest BCUT2D eigenvalue weighted by Gasteiger charge is -2.29. The highest BCUT2D eigenvalue weighted by Gasteiger charge is 2.14. The Morgan fingerprint density at radius 2 is 2.05 bits per heavy atom. The number of rotatable bonds is 3.